The van der Waals surface area contributed by atoms with Gasteiger partial charge >= 0.3 is 6.18 Å². The van der Waals surface area contributed by atoms with E-state index >= 15 is 0 Å². The van der Waals surface area contributed by atoms with E-state index in [9.17, 15) is 22.8 Å². The van der Waals surface area contributed by atoms with E-state index in [1.165, 1.54) is 29.0 Å². The number of aryl methyl sites for hydroxylation is 1. The highest BCUT2D eigenvalue weighted by Gasteiger charge is 2.30. The molecule has 0 spiro atoms. The van der Waals surface area contributed by atoms with Crippen LogP contribution in [-0.4, -0.2) is 20.4 Å². The van der Waals surface area contributed by atoms with E-state index in [-0.39, 0.29) is 11.6 Å². The molecule has 40 heavy (non-hydrogen) atoms. The first-order chi connectivity index (χ1) is 19.1. The zero-order valence-corrected chi connectivity index (χ0v) is 21.2. The number of hydrogen-bond acceptors (Lipinski definition) is 5. The van der Waals surface area contributed by atoms with Crippen molar-refractivity contribution in [3.05, 3.63) is 119 Å². The maximum Gasteiger partial charge on any atom is 0.416 e. The normalized spacial score (nSPS) is 11.3. The van der Waals surface area contributed by atoms with Gasteiger partial charge in [0.05, 0.1) is 16.6 Å². The van der Waals surface area contributed by atoms with Crippen LogP contribution in [0.25, 0.3) is 27.7 Å². The van der Waals surface area contributed by atoms with Gasteiger partial charge in [0.1, 0.15) is 0 Å². The van der Waals surface area contributed by atoms with Gasteiger partial charge in [0.25, 0.3) is 5.56 Å². The monoisotopic (exact) mass is 541 g/mol. The predicted octanol–water partition coefficient (Wildman–Crippen LogP) is 6.64. The van der Waals surface area contributed by atoms with E-state index in [2.05, 4.69) is 27.2 Å². The zero-order chi connectivity index (χ0) is 28.4. The van der Waals surface area contributed by atoms with Gasteiger partial charge in [0.2, 0.25) is 11.9 Å². The lowest BCUT2D eigenvalue weighted by atomic mass is 10.0. The fraction of sp³-hybridized carbons (Fsp3) is 0.0667. The third kappa shape index (κ3) is 5.46. The summed E-state index contributed by atoms with van der Waals surface area (Å²) < 4.78 is 40.9. The molecule has 0 saturated carbocycles. The van der Waals surface area contributed by atoms with E-state index in [0.29, 0.717) is 44.9 Å². The number of amides is 1. The Morgan fingerprint density at radius 3 is 2.55 bits per heavy atom. The molecule has 2 heterocycles. The van der Waals surface area contributed by atoms with Crippen LogP contribution in [0.4, 0.5) is 30.5 Å². The maximum atomic E-state index is 13.5. The van der Waals surface area contributed by atoms with Gasteiger partial charge < -0.3 is 10.6 Å². The van der Waals surface area contributed by atoms with E-state index in [0.717, 1.165) is 12.1 Å². The third-order valence-corrected chi connectivity index (χ3v) is 6.19. The van der Waals surface area contributed by atoms with Gasteiger partial charge in [-0.3, -0.25) is 14.2 Å². The Labute approximate surface area is 226 Å². The second-order valence-electron chi connectivity index (χ2n) is 8.96. The molecule has 0 aliphatic heterocycles. The van der Waals surface area contributed by atoms with Crippen LogP contribution in [0.15, 0.2) is 103 Å². The Hall–Kier alpha value is -5.25. The van der Waals surface area contributed by atoms with Crippen molar-refractivity contribution in [3.63, 3.8) is 0 Å². The molecule has 5 rings (SSSR count). The molecule has 0 aliphatic carbocycles. The summed E-state index contributed by atoms with van der Waals surface area (Å²) in [5.74, 6) is 0.000358. The van der Waals surface area contributed by atoms with E-state index in [1.54, 1.807) is 61.7 Å². The largest absolute Gasteiger partial charge is 0.416 e. The number of carbonyl (C=O) groups is 1. The molecule has 7 nitrogen and oxygen atoms in total. The number of rotatable bonds is 6. The van der Waals surface area contributed by atoms with Crippen molar-refractivity contribution in [1.82, 2.24) is 14.5 Å². The predicted molar refractivity (Wildman–Crippen MR) is 149 cm³/mol. The number of aromatic nitrogens is 3. The van der Waals surface area contributed by atoms with Crippen LogP contribution in [0.5, 0.6) is 0 Å². The van der Waals surface area contributed by atoms with Gasteiger partial charge in [-0.1, -0.05) is 24.8 Å². The van der Waals surface area contributed by atoms with Crippen molar-refractivity contribution in [2.45, 2.75) is 13.1 Å². The van der Waals surface area contributed by atoms with E-state index in [1.807, 2.05) is 0 Å². The molecule has 0 fully saturated rings. The van der Waals surface area contributed by atoms with Gasteiger partial charge in [-0.15, -0.1) is 0 Å². The van der Waals surface area contributed by atoms with Crippen molar-refractivity contribution in [1.29, 1.82) is 0 Å². The highest BCUT2D eigenvalue weighted by atomic mass is 19.4. The van der Waals surface area contributed by atoms with Crippen LogP contribution in [0, 0.1) is 6.92 Å². The highest BCUT2D eigenvalue weighted by Crippen LogP contribution is 2.31. The van der Waals surface area contributed by atoms with Crippen molar-refractivity contribution in [2.24, 2.45) is 0 Å². The van der Waals surface area contributed by atoms with Gasteiger partial charge in [-0.25, -0.2) is 9.97 Å². The summed E-state index contributed by atoms with van der Waals surface area (Å²) in [5, 5.41) is 6.46. The van der Waals surface area contributed by atoms with Gasteiger partial charge in [0, 0.05) is 34.8 Å². The summed E-state index contributed by atoms with van der Waals surface area (Å²) in [6.45, 7) is 5.21. The van der Waals surface area contributed by atoms with Crippen molar-refractivity contribution < 1.29 is 18.0 Å². The second kappa shape index (κ2) is 10.5. The minimum Gasteiger partial charge on any atom is -0.324 e. The summed E-state index contributed by atoms with van der Waals surface area (Å²) >= 11 is 0. The number of nitrogens with one attached hydrogen (secondary N) is 2. The molecule has 0 atom stereocenters. The quantitative estimate of drug-likeness (QED) is 0.235. The van der Waals surface area contributed by atoms with Crippen LogP contribution in [-0.2, 0) is 11.0 Å². The van der Waals surface area contributed by atoms with Crippen LogP contribution in [0.2, 0.25) is 0 Å². The number of hydrogen-bond donors (Lipinski definition) is 2. The number of halogens is 3. The number of anilines is 3. The van der Waals surface area contributed by atoms with Crippen molar-refractivity contribution >= 4 is 34.1 Å². The van der Waals surface area contributed by atoms with Crippen LogP contribution < -0.4 is 16.2 Å². The Morgan fingerprint density at radius 1 is 1.00 bits per heavy atom. The van der Waals surface area contributed by atoms with Crippen molar-refractivity contribution in [3.8, 4) is 16.8 Å². The number of carbonyl (C=O) groups excluding carboxylic acids is 1. The second-order valence-corrected chi connectivity index (χ2v) is 8.96. The Bertz CT molecular complexity index is 1830. The zero-order valence-electron chi connectivity index (χ0n) is 21.2. The number of alkyl halides is 3. The molecule has 0 bridgehead atoms. The molecule has 200 valence electrons. The first kappa shape index (κ1) is 26.4. The molecule has 0 unspecified atom stereocenters. The number of pyridine rings is 1. The lowest BCUT2D eigenvalue weighted by molar-refractivity contribution is -0.137. The minimum atomic E-state index is -4.52. The average molecular weight is 542 g/mol. The highest BCUT2D eigenvalue weighted by molar-refractivity contribution is 5.99. The summed E-state index contributed by atoms with van der Waals surface area (Å²) in [4.78, 5) is 34.0. The van der Waals surface area contributed by atoms with E-state index in [4.69, 9.17) is 0 Å². The molecular weight excluding hydrogens is 519 g/mol. The fourth-order valence-corrected chi connectivity index (χ4v) is 4.26. The molecule has 1 amide bonds. The lowest BCUT2D eigenvalue weighted by Crippen LogP contribution is -2.21. The average Bonchev–Trinajstić information content (AvgIpc) is 2.93. The molecule has 0 radical (unpaired) electrons. The Balaban J connectivity index is 1.46. The van der Waals surface area contributed by atoms with Crippen LogP contribution in [0.3, 0.4) is 0 Å². The maximum absolute atomic E-state index is 13.5. The molecule has 0 saturated heterocycles. The van der Waals surface area contributed by atoms with Crippen LogP contribution >= 0.6 is 0 Å². The topological polar surface area (TPSA) is 88.9 Å². The summed E-state index contributed by atoms with van der Waals surface area (Å²) in [6.07, 6.45) is -0.264. The van der Waals surface area contributed by atoms with Gasteiger partial charge in [-0.2, -0.15) is 13.2 Å². The first-order valence-corrected chi connectivity index (χ1v) is 12.1. The molecular formula is C30H22F3N5O2. The molecule has 0 aliphatic rings. The molecule has 10 heteroatoms. The summed E-state index contributed by atoms with van der Waals surface area (Å²) in [7, 11) is 0. The molecule has 2 N–H and O–H groups in total. The molecule has 2 aromatic heterocycles. The lowest BCUT2D eigenvalue weighted by Gasteiger charge is -2.14. The minimum absolute atomic E-state index is 0.119. The summed E-state index contributed by atoms with van der Waals surface area (Å²) in [6, 6.07) is 18.6. The number of fused-ring (bicyclic) bond motifs is 1. The Kier molecular flexibility index (Phi) is 6.91. The molecule has 3 aromatic carbocycles. The third-order valence-electron chi connectivity index (χ3n) is 6.19. The Morgan fingerprint density at radius 2 is 1.77 bits per heavy atom. The van der Waals surface area contributed by atoms with Gasteiger partial charge in [-0.05, 0) is 78.7 Å². The molecule has 5 aromatic rings. The van der Waals surface area contributed by atoms with E-state index < -0.39 is 17.3 Å². The van der Waals surface area contributed by atoms with Crippen LogP contribution in [0.1, 0.15) is 11.1 Å². The number of nitrogens with zero attached hydrogens (tertiary/aromatic N) is 3. The standard InChI is InChI=1S/C30H22F3N5O2/c1-3-26(39)35-22-7-5-8-23(16-22)36-29-34-17-20-14-19(10-11-25(20)37-29)27-18(2)12-13-38(28(27)40)24-9-4-6-21(15-24)30(31,32)33/h3-17H,1H2,2H3,(H,35,39)(H,34,36,37). The first-order valence-electron chi connectivity index (χ1n) is 12.1. The SMILES string of the molecule is C=CC(=O)Nc1cccc(Nc2ncc3cc(-c4c(C)ccn(-c5cccc(C(F)(F)F)c5)c4=O)ccc3n2)c1. The fourth-order valence-electron chi connectivity index (χ4n) is 4.26. The smallest absolute Gasteiger partial charge is 0.324 e. The van der Waals surface area contributed by atoms with Crippen molar-refractivity contribution in [2.75, 3.05) is 10.6 Å². The number of benzene rings is 3. The summed E-state index contributed by atoms with van der Waals surface area (Å²) in [5.41, 5.74) is 2.32. The van der Waals surface area contributed by atoms with Gasteiger partial charge in [0.15, 0.2) is 0 Å².